The largest absolute Gasteiger partial charge is 2.00 e. The van der Waals surface area contributed by atoms with Gasteiger partial charge in [0.05, 0.1) is 6.04 Å². The Kier molecular flexibility index (Phi) is 8.16. The third-order valence-corrected chi connectivity index (χ3v) is 3.58. The van der Waals surface area contributed by atoms with E-state index in [1.54, 1.807) is 25.9 Å². The molecule has 5 nitrogen and oxygen atoms in total. The third kappa shape index (κ3) is 5.05. The smallest absolute Gasteiger partial charge is 0.373 e. The van der Waals surface area contributed by atoms with E-state index in [0.29, 0.717) is 12.8 Å². The second-order valence-electron chi connectivity index (χ2n) is 5.15. The monoisotopic (exact) mass is 507 g/mol. The van der Waals surface area contributed by atoms with Crippen molar-refractivity contribution < 1.29 is 42.1 Å². The zero-order chi connectivity index (χ0) is 15.4. The normalized spacial score (nSPS) is 25.7. The first-order valence-electron chi connectivity index (χ1n) is 7.20. The van der Waals surface area contributed by atoms with E-state index in [-0.39, 0.29) is 55.0 Å². The summed E-state index contributed by atoms with van der Waals surface area (Å²) in [5.41, 5.74) is 0. The van der Waals surface area contributed by atoms with Crippen molar-refractivity contribution in [2.75, 3.05) is 20.6 Å². The molecule has 0 bridgehead atoms. The summed E-state index contributed by atoms with van der Waals surface area (Å²) >= 11 is 0. The van der Waals surface area contributed by atoms with Gasteiger partial charge in [-0.15, -0.1) is 0 Å². The van der Waals surface area contributed by atoms with E-state index >= 15 is 0 Å². The molecule has 0 spiro atoms. The number of likely N-dealkylation sites (tertiary alicyclic amines) is 1. The molecule has 2 amide bonds. The molecule has 0 aliphatic carbocycles. The van der Waals surface area contributed by atoms with Gasteiger partial charge >= 0.3 is 31.1 Å². The van der Waals surface area contributed by atoms with Crippen LogP contribution in [-0.4, -0.2) is 60.4 Å². The number of hydrogen-bond acceptors (Lipinski definition) is 3. The number of carbonyl (C=O) groups is 2. The van der Waals surface area contributed by atoms with Crippen molar-refractivity contribution in [3.05, 3.63) is 13.8 Å². The fourth-order valence-electron chi connectivity index (χ4n) is 2.02. The summed E-state index contributed by atoms with van der Waals surface area (Å²) in [6, 6.07) is -1.21. The number of carbonyl (C=O) groups excluding carboxylic acids is 2. The minimum atomic E-state index is -0.857. The van der Waals surface area contributed by atoms with E-state index < -0.39 is 12.6 Å². The van der Waals surface area contributed by atoms with Gasteiger partial charge in [-0.1, -0.05) is 0 Å². The third-order valence-electron chi connectivity index (χ3n) is 3.58. The van der Waals surface area contributed by atoms with Crippen LogP contribution in [0.15, 0.2) is 0 Å². The van der Waals surface area contributed by atoms with Crippen LogP contribution < -0.4 is 5.32 Å². The van der Waals surface area contributed by atoms with Gasteiger partial charge < -0.3 is 24.1 Å². The molecule has 1 aliphatic heterocycles. The number of likely N-dealkylation sites (N-methyl/N-ethyl adjacent to an activating group) is 1. The molecule has 1 aliphatic rings. The van der Waals surface area contributed by atoms with Gasteiger partial charge in [0.1, 0.15) is 0 Å². The predicted molar refractivity (Wildman–Crippen MR) is 75.1 cm³/mol. The van der Waals surface area contributed by atoms with Crippen LogP contribution in [0.2, 0.25) is 0 Å². The zero-order valence-corrected chi connectivity index (χ0v) is 16.7. The van der Waals surface area contributed by atoms with Crippen LogP contribution in [0.4, 0.5) is 0 Å². The summed E-state index contributed by atoms with van der Waals surface area (Å²) in [6.07, 6.45) is 2.02. The van der Waals surface area contributed by atoms with Crippen molar-refractivity contribution in [1.82, 2.24) is 15.1 Å². The zero-order valence-electron chi connectivity index (χ0n) is 13.6. The number of nitrogens with zero attached hydrogens (tertiary/aromatic N) is 2. The average Bonchev–Trinajstić information content (AvgIpc) is 2.77. The van der Waals surface area contributed by atoms with Crippen LogP contribution in [0.3, 0.4) is 0 Å². The maximum atomic E-state index is 12.3. The molecule has 0 aromatic heterocycles. The Hall–Kier alpha value is -0.0481. The number of hydrogen-bond donors (Lipinski definition) is 1. The predicted octanol–water partition coefficient (Wildman–Crippen LogP) is 0.471. The van der Waals surface area contributed by atoms with Crippen molar-refractivity contribution in [2.24, 2.45) is 0 Å². The molecule has 6 heteroatoms. The molecule has 1 fully saturated rings. The van der Waals surface area contributed by atoms with Gasteiger partial charge in [-0.2, -0.15) is 6.42 Å². The summed E-state index contributed by atoms with van der Waals surface area (Å²) in [5.74, 6) is -0.536. The minimum Gasteiger partial charge on any atom is -0.373 e. The molecule has 20 heavy (non-hydrogen) atoms. The maximum absolute atomic E-state index is 12.3. The molecular weight excluding hydrogens is 480 g/mol. The van der Waals surface area contributed by atoms with Gasteiger partial charge in [0, 0.05) is 13.9 Å². The van der Waals surface area contributed by atoms with Crippen molar-refractivity contribution in [2.45, 2.75) is 44.3 Å². The molecule has 0 radical (unpaired) electrons. The Balaban J connectivity index is 0.00000400. The Morgan fingerprint density at radius 3 is 2.65 bits per heavy atom. The van der Waals surface area contributed by atoms with Crippen molar-refractivity contribution in [1.29, 1.82) is 0 Å². The maximum Gasteiger partial charge on any atom is 2.00 e. The molecule has 112 valence electrons. The Morgan fingerprint density at radius 2 is 2.15 bits per heavy atom. The summed E-state index contributed by atoms with van der Waals surface area (Å²) in [5, 5.41) is 2.62. The Labute approximate surface area is 147 Å². The fourth-order valence-corrected chi connectivity index (χ4v) is 2.02. The standard InChI is InChI=1S/C14H25N3O2.U/c1-6-12-8-7-9-17(12)14(19)10(2)15-13(18)11(3)16(4)5;/h10-12H,1-2,6-9H2,3-5H3,(H,15,18);/q-2;+2/t10-,11?,12-;/m0./s1/i9T;/t9?,10-,11?,12-;. The molecular formula is C14H25N3O2U. The average molecular weight is 507 g/mol. The molecule has 4 atom stereocenters. The first kappa shape index (κ1) is 18.0. The topological polar surface area (TPSA) is 52.7 Å². The van der Waals surface area contributed by atoms with Gasteiger partial charge in [0.25, 0.3) is 0 Å². The molecule has 1 rings (SSSR count). The minimum absolute atomic E-state index is 0. The van der Waals surface area contributed by atoms with E-state index in [1.807, 2.05) is 0 Å². The van der Waals surface area contributed by atoms with Gasteiger partial charge in [-0.3, -0.25) is 14.5 Å². The van der Waals surface area contributed by atoms with Gasteiger partial charge in [-0.05, 0) is 39.9 Å². The number of amides is 2. The molecule has 1 N–H and O–H groups in total. The molecule has 1 heterocycles. The summed E-state index contributed by atoms with van der Waals surface area (Å²) in [4.78, 5) is 27.5. The van der Waals surface area contributed by atoms with E-state index in [4.69, 9.17) is 1.37 Å². The van der Waals surface area contributed by atoms with Crippen molar-refractivity contribution >= 4 is 11.8 Å². The second kappa shape index (κ2) is 9.07. The first-order chi connectivity index (χ1) is 9.29. The van der Waals surface area contributed by atoms with Gasteiger partial charge in [0.15, 0.2) is 0 Å². The van der Waals surface area contributed by atoms with Crippen LogP contribution in [-0.2, 0) is 9.59 Å². The Morgan fingerprint density at radius 1 is 1.55 bits per heavy atom. The first-order valence-corrected chi connectivity index (χ1v) is 6.63. The Bertz CT molecular complexity index is 368. The summed E-state index contributed by atoms with van der Waals surface area (Å²) < 4.78 is 7.91. The van der Waals surface area contributed by atoms with Gasteiger partial charge in [-0.25, -0.2) is 0 Å². The van der Waals surface area contributed by atoms with E-state index in [1.165, 1.54) is 4.90 Å². The van der Waals surface area contributed by atoms with E-state index in [0.717, 1.165) is 6.42 Å². The number of rotatable bonds is 5. The van der Waals surface area contributed by atoms with Crippen LogP contribution in [0.5, 0.6) is 0 Å². The van der Waals surface area contributed by atoms with Crippen LogP contribution >= 0.6 is 0 Å². The molecule has 0 aromatic rings. The van der Waals surface area contributed by atoms with Crippen LogP contribution in [0, 0.1) is 45.0 Å². The molecule has 0 aromatic carbocycles. The van der Waals surface area contributed by atoms with Gasteiger partial charge in [0.2, 0.25) is 11.8 Å². The SMILES string of the molecule is [3H]C1CC[C@H](C[CH2-])N1C(=O)[C@H]([CH2-])NC(=O)C(C)N(C)C.[U+2]. The summed E-state index contributed by atoms with van der Waals surface area (Å²) in [7, 11) is 3.59. The second-order valence-corrected chi connectivity index (χ2v) is 5.15. The molecule has 1 saturated heterocycles. The van der Waals surface area contributed by atoms with Crippen molar-refractivity contribution in [3.63, 3.8) is 0 Å². The fraction of sp³-hybridized carbons (Fsp3) is 0.714. The van der Waals surface area contributed by atoms with Crippen LogP contribution in [0.25, 0.3) is 0 Å². The van der Waals surface area contributed by atoms with E-state index in [2.05, 4.69) is 19.2 Å². The quantitative estimate of drug-likeness (QED) is 0.551. The van der Waals surface area contributed by atoms with Crippen LogP contribution in [0.1, 0.15) is 27.6 Å². The van der Waals surface area contributed by atoms with Crippen molar-refractivity contribution in [3.8, 4) is 0 Å². The van der Waals surface area contributed by atoms with E-state index in [9.17, 15) is 9.59 Å². The molecule has 0 saturated carbocycles. The number of nitrogens with one attached hydrogen (secondary N) is 1. The molecule has 2 unspecified atom stereocenters. The summed E-state index contributed by atoms with van der Waals surface area (Å²) in [6.45, 7) is 8.74.